The highest BCUT2D eigenvalue weighted by Crippen LogP contribution is 2.13. The quantitative estimate of drug-likeness (QED) is 0.858. The maximum absolute atomic E-state index is 12.0. The molecule has 1 amide bonds. The molecule has 0 saturated heterocycles. The number of nitrogens with zero attached hydrogens (tertiary/aromatic N) is 2. The van der Waals surface area contributed by atoms with Crippen molar-refractivity contribution in [2.24, 2.45) is 0 Å². The SMILES string of the molecule is CN(C)c1cccc(C(=O)NCC#CCOc2cccnc2)c1. The first kappa shape index (κ1) is 16.4. The minimum Gasteiger partial charge on any atom is -0.479 e. The first-order valence-corrected chi connectivity index (χ1v) is 7.21. The molecule has 0 saturated carbocycles. The van der Waals surface area contributed by atoms with Crippen molar-refractivity contribution in [3.8, 4) is 17.6 Å². The molecule has 118 valence electrons. The van der Waals surface area contributed by atoms with Gasteiger partial charge in [-0.1, -0.05) is 17.9 Å². The largest absolute Gasteiger partial charge is 0.479 e. The number of amides is 1. The molecule has 0 fully saturated rings. The normalized spacial score (nSPS) is 9.48. The van der Waals surface area contributed by atoms with Gasteiger partial charge in [-0.2, -0.15) is 0 Å². The van der Waals surface area contributed by atoms with E-state index < -0.39 is 0 Å². The lowest BCUT2D eigenvalue weighted by Gasteiger charge is -2.13. The lowest BCUT2D eigenvalue weighted by Crippen LogP contribution is -2.24. The second-order valence-electron chi connectivity index (χ2n) is 4.96. The third kappa shape index (κ3) is 5.36. The summed E-state index contributed by atoms with van der Waals surface area (Å²) in [6, 6.07) is 11.0. The summed E-state index contributed by atoms with van der Waals surface area (Å²) in [5.41, 5.74) is 1.60. The number of carbonyl (C=O) groups excluding carboxylic acids is 1. The van der Waals surface area contributed by atoms with Crippen LogP contribution < -0.4 is 15.0 Å². The number of rotatable bonds is 5. The average Bonchev–Trinajstić information content (AvgIpc) is 2.58. The number of hydrogen-bond acceptors (Lipinski definition) is 4. The van der Waals surface area contributed by atoms with Crippen LogP contribution in [0.3, 0.4) is 0 Å². The minimum atomic E-state index is -0.142. The molecule has 5 heteroatoms. The van der Waals surface area contributed by atoms with E-state index in [-0.39, 0.29) is 19.1 Å². The van der Waals surface area contributed by atoms with E-state index in [9.17, 15) is 4.79 Å². The molecule has 0 aliphatic carbocycles. The number of nitrogens with one attached hydrogen (secondary N) is 1. The van der Waals surface area contributed by atoms with E-state index in [4.69, 9.17) is 4.74 Å². The fourth-order valence-electron chi connectivity index (χ4n) is 1.82. The van der Waals surface area contributed by atoms with Gasteiger partial charge in [0, 0.05) is 31.5 Å². The topological polar surface area (TPSA) is 54.5 Å². The van der Waals surface area contributed by atoms with E-state index in [1.54, 1.807) is 24.5 Å². The van der Waals surface area contributed by atoms with Gasteiger partial charge >= 0.3 is 0 Å². The zero-order valence-corrected chi connectivity index (χ0v) is 13.2. The predicted molar refractivity (Wildman–Crippen MR) is 90.6 cm³/mol. The van der Waals surface area contributed by atoms with E-state index in [0.717, 1.165) is 5.69 Å². The lowest BCUT2D eigenvalue weighted by atomic mass is 10.2. The van der Waals surface area contributed by atoms with Crippen molar-refractivity contribution < 1.29 is 9.53 Å². The zero-order chi connectivity index (χ0) is 16.5. The Labute approximate surface area is 136 Å². The van der Waals surface area contributed by atoms with Crippen molar-refractivity contribution in [2.75, 3.05) is 32.1 Å². The highest BCUT2D eigenvalue weighted by atomic mass is 16.5. The number of anilines is 1. The average molecular weight is 309 g/mol. The Bertz CT molecular complexity index is 703. The molecule has 5 nitrogen and oxygen atoms in total. The fourth-order valence-corrected chi connectivity index (χ4v) is 1.82. The van der Waals surface area contributed by atoms with E-state index in [1.165, 1.54) is 0 Å². The maximum atomic E-state index is 12.0. The lowest BCUT2D eigenvalue weighted by molar-refractivity contribution is 0.0958. The van der Waals surface area contributed by atoms with Gasteiger partial charge in [-0.25, -0.2) is 0 Å². The zero-order valence-electron chi connectivity index (χ0n) is 13.2. The molecule has 0 radical (unpaired) electrons. The summed E-state index contributed by atoms with van der Waals surface area (Å²) >= 11 is 0. The van der Waals surface area contributed by atoms with Gasteiger partial charge in [0.2, 0.25) is 0 Å². The van der Waals surface area contributed by atoms with Crippen LogP contribution >= 0.6 is 0 Å². The number of aromatic nitrogens is 1. The summed E-state index contributed by atoms with van der Waals surface area (Å²) in [7, 11) is 3.87. The molecule has 0 aliphatic heterocycles. The van der Waals surface area contributed by atoms with Gasteiger partial charge in [0.15, 0.2) is 0 Å². The van der Waals surface area contributed by atoms with Gasteiger partial charge in [-0.15, -0.1) is 0 Å². The first-order chi connectivity index (χ1) is 11.2. The van der Waals surface area contributed by atoms with Crippen LogP contribution in [0.25, 0.3) is 0 Å². The van der Waals surface area contributed by atoms with Gasteiger partial charge in [-0.3, -0.25) is 9.78 Å². The fraction of sp³-hybridized carbons (Fsp3) is 0.222. The van der Waals surface area contributed by atoms with Crippen LogP contribution in [0.5, 0.6) is 5.75 Å². The molecule has 0 bridgehead atoms. The molecule has 23 heavy (non-hydrogen) atoms. The molecular weight excluding hydrogens is 290 g/mol. The Morgan fingerprint density at radius 2 is 2.13 bits per heavy atom. The van der Waals surface area contributed by atoms with E-state index in [1.807, 2.05) is 43.3 Å². The van der Waals surface area contributed by atoms with Crippen molar-refractivity contribution in [1.82, 2.24) is 10.3 Å². The Balaban J connectivity index is 1.77. The molecule has 1 aromatic heterocycles. The third-order valence-corrected chi connectivity index (χ3v) is 3.03. The van der Waals surface area contributed by atoms with Crippen LogP contribution in [-0.4, -0.2) is 38.1 Å². The van der Waals surface area contributed by atoms with Gasteiger partial charge in [0.25, 0.3) is 5.91 Å². The molecule has 1 aromatic carbocycles. The van der Waals surface area contributed by atoms with Gasteiger partial charge in [-0.05, 0) is 30.3 Å². The van der Waals surface area contributed by atoms with Crippen molar-refractivity contribution >= 4 is 11.6 Å². The number of pyridine rings is 1. The second kappa shape index (κ2) is 8.44. The number of ether oxygens (including phenoxy) is 1. The van der Waals surface area contributed by atoms with Crippen molar-refractivity contribution in [3.63, 3.8) is 0 Å². The number of carbonyl (C=O) groups is 1. The van der Waals surface area contributed by atoms with E-state index in [0.29, 0.717) is 11.3 Å². The van der Waals surface area contributed by atoms with Crippen LogP contribution in [0.2, 0.25) is 0 Å². The second-order valence-corrected chi connectivity index (χ2v) is 4.96. The molecule has 1 heterocycles. The summed E-state index contributed by atoms with van der Waals surface area (Å²) in [6.07, 6.45) is 3.31. The Kier molecular flexibility index (Phi) is 6.01. The summed E-state index contributed by atoms with van der Waals surface area (Å²) in [6.45, 7) is 0.541. The molecule has 2 rings (SSSR count). The van der Waals surface area contributed by atoms with Crippen molar-refractivity contribution in [2.45, 2.75) is 0 Å². The van der Waals surface area contributed by atoms with Crippen LogP contribution in [0.1, 0.15) is 10.4 Å². The molecule has 0 atom stereocenters. The van der Waals surface area contributed by atoms with Crippen molar-refractivity contribution in [1.29, 1.82) is 0 Å². The van der Waals surface area contributed by atoms with Crippen LogP contribution in [0.15, 0.2) is 48.8 Å². The van der Waals surface area contributed by atoms with Crippen molar-refractivity contribution in [3.05, 3.63) is 54.4 Å². The molecule has 0 spiro atoms. The molecule has 2 aromatic rings. The van der Waals surface area contributed by atoms with Crippen LogP contribution in [0.4, 0.5) is 5.69 Å². The molecule has 0 aliphatic rings. The smallest absolute Gasteiger partial charge is 0.252 e. The van der Waals surface area contributed by atoms with Gasteiger partial charge < -0.3 is 15.0 Å². The highest BCUT2D eigenvalue weighted by Gasteiger charge is 2.05. The van der Waals surface area contributed by atoms with E-state index >= 15 is 0 Å². The number of benzene rings is 1. The van der Waals surface area contributed by atoms with E-state index in [2.05, 4.69) is 22.1 Å². The summed E-state index contributed by atoms with van der Waals surface area (Å²) < 4.78 is 5.39. The Morgan fingerprint density at radius 1 is 1.26 bits per heavy atom. The van der Waals surface area contributed by atoms with Crippen LogP contribution in [0, 0.1) is 11.8 Å². The maximum Gasteiger partial charge on any atom is 0.252 e. The Morgan fingerprint density at radius 3 is 2.87 bits per heavy atom. The number of hydrogen-bond donors (Lipinski definition) is 1. The summed E-state index contributed by atoms with van der Waals surface area (Å²) in [5.74, 6) is 6.23. The minimum absolute atomic E-state index is 0.142. The van der Waals surface area contributed by atoms with Gasteiger partial charge in [0.1, 0.15) is 12.4 Å². The Hall–Kier alpha value is -3.00. The first-order valence-electron chi connectivity index (χ1n) is 7.21. The molecule has 1 N–H and O–H groups in total. The van der Waals surface area contributed by atoms with Crippen LogP contribution in [-0.2, 0) is 0 Å². The monoisotopic (exact) mass is 309 g/mol. The summed E-state index contributed by atoms with van der Waals surface area (Å²) in [4.78, 5) is 17.9. The third-order valence-electron chi connectivity index (χ3n) is 3.03. The molecular formula is C18H19N3O2. The highest BCUT2D eigenvalue weighted by molar-refractivity contribution is 5.95. The predicted octanol–water partition coefficient (Wildman–Crippen LogP) is 1.96. The summed E-state index contributed by atoms with van der Waals surface area (Å²) in [5, 5.41) is 2.76. The standard InChI is InChI=1S/C18H19N3O2/c1-21(2)16-8-5-7-15(13-16)18(22)20-11-3-4-12-23-17-9-6-10-19-14-17/h5-10,13-14H,11-12H2,1-2H3,(H,20,22). The molecule has 0 unspecified atom stereocenters. The van der Waals surface area contributed by atoms with Gasteiger partial charge in [0.05, 0.1) is 12.7 Å².